The van der Waals surface area contributed by atoms with Crippen molar-refractivity contribution in [2.75, 3.05) is 5.75 Å². The molecule has 1 aromatic carbocycles. The molecule has 35 heavy (non-hydrogen) atoms. The van der Waals surface area contributed by atoms with E-state index in [0.717, 1.165) is 0 Å². The zero-order valence-electron chi connectivity index (χ0n) is 18.8. The van der Waals surface area contributed by atoms with Crippen molar-refractivity contribution < 1.29 is 33.9 Å². The number of nitrogens with one attached hydrogen (secondary N) is 3. The fourth-order valence-electron chi connectivity index (χ4n) is 2.92. The van der Waals surface area contributed by atoms with Crippen LogP contribution in [0.2, 0.25) is 0 Å². The molecule has 10 N–H and O–H groups in total. The van der Waals surface area contributed by atoms with Crippen LogP contribution in [-0.2, 0) is 35.2 Å². The highest BCUT2D eigenvalue weighted by Gasteiger charge is 2.31. The lowest BCUT2D eigenvalue weighted by molar-refractivity contribution is -0.144. The van der Waals surface area contributed by atoms with Gasteiger partial charge < -0.3 is 38.3 Å². The molecule has 4 unspecified atom stereocenters. The van der Waals surface area contributed by atoms with E-state index in [1.54, 1.807) is 30.3 Å². The molecule has 0 aliphatic carbocycles. The Morgan fingerprint density at radius 2 is 1.37 bits per heavy atom. The third-order valence-electron chi connectivity index (χ3n) is 4.78. The number of carboxylic acid groups (broad SMARTS) is 1. The lowest BCUT2D eigenvalue weighted by Gasteiger charge is -2.25. The Morgan fingerprint density at radius 3 is 1.89 bits per heavy atom. The maximum absolute atomic E-state index is 13.1. The number of benzene rings is 1. The van der Waals surface area contributed by atoms with Gasteiger partial charge >= 0.3 is 5.97 Å². The number of hydrogen-bond donors (Lipinski definition) is 8. The van der Waals surface area contributed by atoms with Crippen molar-refractivity contribution in [3.05, 3.63) is 35.9 Å². The fraction of sp³-hybridized carbons (Fsp3) is 0.429. The van der Waals surface area contributed by atoms with Crippen molar-refractivity contribution in [1.82, 2.24) is 16.0 Å². The Morgan fingerprint density at radius 1 is 0.829 bits per heavy atom. The van der Waals surface area contributed by atoms with Crippen molar-refractivity contribution in [2.45, 2.75) is 49.9 Å². The molecule has 192 valence electrons. The van der Waals surface area contributed by atoms with Crippen LogP contribution in [0.15, 0.2) is 30.3 Å². The van der Waals surface area contributed by atoms with Crippen LogP contribution < -0.4 is 33.2 Å². The van der Waals surface area contributed by atoms with Gasteiger partial charge in [-0.25, -0.2) is 4.79 Å². The monoisotopic (exact) mass is 510 g/mol. The molecule has 0 saturated carbocycles. The first kappa shape index (κ1) is 29.4. The second-order valence-corrected chi connectivity index (χ2v) is 8.04. The predicted molar refractivity (Wildman–Crippen MR) is 128 cm³/mol. The van der Waals surface area contributed by atoms with Crippen LogP contribution in [0.4, 0.5) is 0 Å². The molecule has 0 saturated heterocycles. The smallest absolute Gasteiger partial charge is 0.326 e. The highest BCUT2D eigenvalue weighted by Crippen LogP contribution is 2.07. The Balaban J connectivity index is 3.11. The summed E-state index contributed by atoms with van der Waals surface area (Å²) in [4.78, 5) is 71.9. The van der Waals surface area contributed by atoms with Crippen molar-refractivity contribution in [3.8, 4) is 0 Å². The molecule has 0 spiro atoms. The van der Waals surface area contributed by atoms with E-state index in [9.17, 15) is 33.9 Å². The zero-order chi connectivity index (χ0) is 26.5. The average Bonchev–Trinajstić information content (AvgIpc) is 2.80. The van der Waals surface area contributed by atoms with Gasteiger partial charge in [0.1, 0.15) is 18.1 Å². The lowest BCUT2D eigenvalue weighted by Crippen LogP contribution is -2.58. The molecule has 1 aromatic rings. The quantitative estimate of drug-likeness (QED) is 0.114. The van der Waals surface area contributed by atoms with E-state index < -0.39 is 66.1 Å². The minimum Gasteiger partial charge on any atom is -0.480 e. The summed E-state index contributed by atoms with van der Waals surface area (Å²) in [7, 11) is 0. The minimum atomic E-state index is -1.65. The maximum Gasteiger partial charge on any atom is 0.326 e. The molecule has 0 radical (unpaired) electrons. The van der Waals surface area contributed by atoms with Gasteiger partial charge in [0.15, 0.2) is 0 Å². The number of primary amides is 2. The normalized spacial score (nSPS) is 14.0. The SMILES string of the molecule is NC(=O)CCC(NC(=O)C(Cc1ccccc1)NC(=O)C(N)CS)C(=O)NC(CC(N)=O)C(=O)O. The molecule has 14 heteroatoms. The second-order valence-electron chi connectivity index (χ2n) is 7.68. The lowest BCUT2D eigenvalue weighted by atomic mass is 10.0. The number of hydrogen-bond acceptors (Lipinski definition) is 8. The molecule has 0 aromatic heterocycles. The number of amides is 5. The van der Waals surface area contributed by atoms with E-state index in [2.05, 4.69) is 28.6 Å². The van der Waals surface area contributed by atoms with Crippen LogP contribution in [0.3, 0.4) is 0 Å². The number of rotatable bonds is 15. The Kier molecular flexibility index (Phi) is 12.2. The number of nitrogens with two attached hydrogens (primary N) is 3. The third-order valence-corrected chi connectivity index (χ3v) is 5.17. The maximum atomic E-state index is 13.1. The number of carboxylic acids is 1. The van der Waals surface area contributed by atoms with Crippen molar-refractivity contribution in [3.63, 3.8) is 0 Å². The summed E-state index contributed by atoms with van der Waals surface area (Å²) in [5.74, 6) is -5.66. The van der Waals surface area contributed by atoms with Crippen LogP contribution in [0.5, 0.6) is 0 Å². The molecular weight excluding hydrogens is 480 g/mol. The van der Waals surface area contributed by atoms with Gasteiger partial charge in [-0.2, -0.15) is 12.6 Å². The van der Waals surface area contributed by atoms with Crippen molar-refractivity contribution in [1.29, 1.82) is 0 Å². The van der Waals surface area contributed by atoms with Gasteiger partial charge in [0.25, 0.3) is 0 Å². The summed E-state index contributed by atoms with van der Waals surface area (Å²) in [6.07, 6.45) is -1.22. The Hall–Kier alpha value is -3.65. The van der Waals surface area contributed by atoms with Crippen LogP contribution >= 0.6 is 12.6 Å². The van der Waals surface area contributed by atoms with Crippen molar-refractivity contribution >= 4 is 48.1 Å². The van der Waals surface area contributed by atoms with Crippen LogP contribution in [0.1, 0.15) is 24.8 Å². The summed E-state index contributed by atoms with van der Waals surface area (Å²) < 4.78 is 0. The van der Waals surface area contributed by atoms with E-state index in [1.807, 2.05) is 0 Å². The topological polar surface area (TPSA) is 237 Å². The molecule has 0 fully saturated rings. The van der Waals surface area contributed by atoms with E-state index in [-0.39, 0.29) is 25.0 Å². The van der Waals surface area contributed by atoms with Gasteiger partial charge in [-0.1, -0.05) is 30.3 Å². The Labute approximate surface area is 206 Å². The first-order valence-electron chi connectivity index (χ1n) is 10.6. The highest BCUT2D eigenvalue weighted by molar-refractivity contribution is 7.80. The van der Waals surface area contributed by atoms with Gasteiger partial charge in [0, 0.05) is 18.6 Å². The molecule has 0 aliphatic heterocycles. The van der Waals surface area contributed by atoms with E-state index in [0.29, 0.717) is 5.56 Å². The molecule has 13 nitrogen and oxygen atoms in total. The molecular formula is C21H30N6O7S. The standard InChI is InChI=1S/C21H30N6O7S/c22-12(10-35)18(30)26-14(8-11-4-2-1-3-5-11)20(32)25-13(6-7-16(23)28)19(31)27-15(21(33)34)9-17(24)29/h1-5,12-15,35H,6-10,22H2,(H2,23,28)(H2,24,29)(H,25,32)(H,26,30)(H,27,31)(H,33,34). The molecule has 1 rings (SSSR count). The minimum absolute atomic E-state index is 0.0194. The summed E-state index contributed by atoms with van der Waals surface area (Å²) in [6.45, 7) is 0. The number of carbonyl (C=O) groups is 6. The molecule has 0 bridgehead atoms. The van der Waals surface area contributed by atoms with Gasteiger partial charge in [-0.3, -0.25) is 24.0 Å². The zero-order valence-corrected chi connectivity index (χ0v) is 19.7. The van der Waals surface area contributed by atoms with Crippen LogP contribution in [0, 0.1) is 0 Å². The summed E-state index contributed by atoms with van der Waals surface area (Å²) >= 11 is 3.97. The second kappa shape index (κ2) is 14.6. The summed E-state index contributed by atoms with van der Waals surface area (Å²) in [6, 6.07) is 3.47. The summed E-state index contributed by atoms with van der Waals surface area (Å²) in [5.41, 5.74) is 16.5. The van der Waals surface area contributed by atoms with E-state index in [4.69, 9.17) is 17.2 Å². The number of carbonyl (C=O) groups excluding carboxylic acids is 5. The number of aliphatic carboxylic acids is 1. The largest absolute Gasteiger partial charge is 0.480 e. The van der Waals surface area contributed by atoms with E-state index >= 15 is 0 Å². The summed E-state index contributed by atoms with van der Waals surface area (Å²) in [5, 5.41) is 16.3. The number of thiol groups is 1. The first-order chi connectivity index (χ1) is 16.4. The predicted octanol–water partition coefficient (Wildman–Crippen LogP) is -2.83. The molecule has 0 heterocycles. The van der Waals surface area contributed by atoms with Gasteiger partial charge in [-0.05, 0) is 12.0 Å². The average molecular weight is 511 g/mol. The third kappa shape index (κ3) is 10.9. The molecule has 0 aliphatic rings. The van der Waals surface area contributed by atoms with Crippen LogP contribution in [-0.4, -0.2) is 70.5 Å². The van der Waals surface area contributed by atoms with Crippen LogP contribution in [0.25, 0.3) is 0 Å². The highest BCUT2D eigenvalue weighted by atomic mass is 32.1. The van der Waals surface area contributed by atoms with Crippen molar-refractivity contribution in [2.24, 2.45) is 17.2 Å². The first-order valence-corrected chi connectivity index (χ1v) is 11.2. The van der Waals surface area contributed by atoms with Gasteiger partial charge in [-0.15, -0.1) is 0 Å². The Bertz CT molecular complexity index is 930. The van der Waals surface area contributed by atoms with E-state index in [1.165, 1.54) is 0 Å². The van der Waals surface area contributed by atoms with Gasteiger partial charge in [0.05, 0.1) is 12.5 Å². The van der Waals surface area contributed by atoms with Gasteiger partial charge in [0.2, 0.25) is 29.5 Å². The fourth-order valence-corrected chi connectivity index (χ4v) is 3.09. The molecule has 4 atom stereocenters. The molecule has 5 amide bonds.